The average Bonchev–Trinajstić information content (AvgIpc) is 2.99. The van der Waals surface area contributed by atoms with E-state index in [2.05, 4.69) is 0 Å². The Morgan fingerprint density at radius 2 is 0.886 bits per heavy atom. The second kappa shape index (κ2) is 8.41. The van der Waals surface area contributed by atoms with Gasteiger partial charge in [0.15, 0.2) is 0 Å². The summed E-state index contributed by atoms with van der Waals surface area (Å²) in [4.78, 5) is 0. The molecule has 1 heterocycles. The molecule has 0 spiro atoms. The van der Waals surface area contributed by atoms with E-state index in [0.29, 0.717) is 27.7 Å². The molecular weight excluding hydrogens is 469 g/mol. The third kappa shape index (κ3) is 5.11. The zero-order valence-corrected chi connectivity index (χ0v) is 19.5. The highest BCUT2D eigenvalue weighted by Crippen LogP contribution is 2.38. The lowest BCUT2D eigenvalue weighted by Gasteiger charge is -2.32. The predicted octanol–water partition coefficient (Wildman–Crippen LogP) is 7.36. The van der Waals surface area contributed by atoms with Gasteiger partial charge in [-0.1, -0.05) is 36.4 Å². The number of halogens is 6. The quantitative estimate of drug-likeness (QED) is 0.281. The zero-order valence-electron chi connectivity index (χ0n) is 19.5. The number of hydrogen-bond donors (Lipinski definition) is 0. The Balaban J connectivity index is 1.80. The minimum Gasteiger partial charge on any atom is -0.399 e. The number of rotatable bonds is 3. The van der Waals surface area contributed by atoms with E-state index in [1.54, 1.807) is 18.2 Å². The van der Waals surface area contributed by atoms with Crippen molar-refractivity contribution < 1.29 is 35.7 Å². The maximum absolute atomic E-state index is 13.0. The molecule has 9 heteroatoms. The van der Waals surface area contributed by atoms with Crippen LogP contribution in [0.5, 0.6) is 0 Å². The van der Waals surface area contributed by atoms with E-state index in [1.807, 2.05) is 27.7 Å². The first-order valence-electron chi connectivity index (χ1n) is 10.9. The Labute approximate surface area is 200 Å². The summed E-state index contributed by atoms with van der Waals surface area (Å²) < 4.78 is 90.4. The van der Waals surface area contributed by atoms with Gasteiger partial charge in [0.2, 0.25) is 0 Å². The molecule has 4 rings (SSSR count). The van der Waals surface area contributed by atoms with Gasteiger partial charge in [0, 0.05) is 0 Å². The number of benzene rings is 3. The van der Waals surface area contributed by atoms with Crippen molar-refractivity contribution in [2.24, 2.45) is 0 Å². The molecule has 0 atom stereocenters. The summed E-state index contributed by atoms with van der Waals surface area (Å²) in [6.45, 7) is 7.57. The highest BCUT2D eigenvalue weighted by atomic mass is 19.4. The zero-order chi connectivity index (χ0) is 25.8. The second-order valence-corrected chi connectivity index (χ2v) is 9.58. The highest BCUT2D eigenvalue weighted by Gasteiger charge is 2.51. The van der Waals surface area contributed by atoms with Gasteiger partial charge in [-0.25, -0.2) is 0 Å². The van der Waals surface area contributed by atoms with Gasteiger partial charge in [0.05, 0.1) is 22.3 Å². The van der Waals surface area contributed by atoms with E-state index in [0.717, 1.165) is 24.3 Å². The molecule has 0 saturated carbocycles. The van der Waals surface area contributed by atoms with Gasteiger partial charge in [0.1, 0.15) is 0 Å². The van der Waals surface area contributed by atoms with Crippen molar-refractivity contribution in [1.82, 2.24) is 0 Å². The fraction of sp³-hybridized carbons (Fsp3) is 0.308. The summed E-state index contributed by atoms with van der Waals surface area (Å²) in [5, 5.41) is 0. The molecule has 0 bridgehead atoms. The standard InChI is InChI=1S/C26H23BF6O2/c1-23(2)24(3,4)35-27(34-23)22-14-18(16-5-9-20(10-6-16)25(28,29)30)13-19(15-22)17-7-11-21(12-8-17)26(31,32)33/h5-15H,1-4H3. The number of hydrogen-bond acceptors (Lipinski definition) is 2. The van der Waals surface area contributed by atoms with Crippen molar-refractivity contribution >= 4 is 12.6 Å². The minimum absolute atomic E-state index is 0.518. The molecule has 0 N–H and O–H groups in total. The van der Waals surface area contributed by atoms with Gasteiger partial charge in [-0.2, -0.15) is 26.3 Å². The van der Waals surface area contributed by atoms with E-state index in [-0.39, 0.29) is 0 Å². The first kappa shape index (κ1) is 25.3. The van der Waals surface area contributed by atoms with Gasteiger partial charge in [-0.3, -0.25) is 0 Å². The molecule has 1 aliphatic heterocycles. The number of alkyl halides is 6. The normalized spacial score (nSPS) is 17.6. The Kier molecular flexibility index (Phi) is 6.09. The summed E-state index contributed by atoms with van der Waals surface area (Å²) in [5.74, 6) is 0. The van der Waals surface area contributed by atoms with Crippen LogP contribution in [0, 0.1) is 0 Å². The lowest BCUT2D eigenvalue weighted by molar-refractivity contribution is -0.138. The van der Waals surface area contributed by atoms with E-state index in [4.69, 9.17) is 9.31 Å². The molecule has 0 aromatic heterocycles. The van der Waals surface area contributed by atoms with E-state index >= 15 is 0 Å². The second-order valence-electron chi connectivity index (χ2n) is 9.58. The summed E-state index contributed by atoms with van der Waals surface area (Å²) in [6.07, 6.45) is -8.93. The van der Waals surface area contributed by atoms with Gasteiger partial charge in [0.25, 0.3) is 0 Å². The molecule has 2 nitrogen and oxygen atoms in total. The van der Waals surface area contributed by atoms with Crippen LogP contribution in [-0.4, -0.2) is 18.3 Å². The first-order valence-corrected chi connectivity index (χ1v) is 10.9. The van der Waals surface area contributed by atoms with Crippen LogP contribution < -0.4 is 5.46 Å². The van der Waals surface area contributed by atoms with Gasteiger partial charge in [-0.15, -0.1) is 0 Å². The van der Waals surface area contributed by atoms with Gasteiger partial charge < -0.3 is 9.31 Å². The van der Waals surface area contributed by atoms with Crippen LogP contribution in [0.4, 0.5) is 26.3 Å². The Morgan fingerprint density at radius 1 is 0.543 bits per heavy atom. The lowest BCUT2D eigenvalue weighted by Crippen LogP contribution is -2.41. The maximum atomic E-state index is 13.0. The van der Waals surface area contributed by atoms with Crippen molar-refractivity contribution in [2.45, 2.75) is 51.2 Å². The van der Waals surface area contributed by atoms with Crippen molar-refractivity contribution in [3.63, 3.8) is 0 Å². The average molecular weight is 492 g/mol. The molecule has 1 saturated heterocycles. The monoisotopic (exact) mass is 492 g/mol. The van der Waals surface area contributed by atoms with Crippen molar-refractivity contribution in [3.8, 4) is 22.3 Å². The molecule has 1 fully saturated rings. The molecule has 0 radical (unpaired) electrons. The molecule has 3 aromatic rings. The van der Waals surface area contributed by atoms with E-state index in [1.165, 1.54) is 24.3 Å². The summed E-state index contributed by atoms with van der Waals surface area (Å²) in [6, 6.07) is 14.7. The van der Waals surface area contributed by atoms with Crippen molar-refractivity contribution in [2.75, 3.05) is 0 Å². The van der Waals surface area contributed by atoms with Crippen LogP contribution in [0.25, 0.3) is 22.3 Å². The van der Waals surface area contributed by atoms with E-state index < -0.39 is 41.8 Å². The molecule has 184 valence electrons. The van der Waals surface area contributed by atoms with Crippen LogP contribution in [0.15, 0.2) is 66.7 Å². The molecule has 1 aliphatic rings. The molecule has 0 aliphatic carbocycles. The Hall–Kier alpha value is -2.78. The Morgan fingerprint density at radius 3 is 1.20 bits per heavy atom. The van der Waals surface area contributed by atoms with E-state index in [9.17, 15) is 26.3 Å². The first-order chi connectivity index (χ1) is 16.1. The molecule has 3 aromatic carbocycles. The third-order valence-corrected chi connectivity index (χ3v) is 6.57. The SMILES string of the molecule is CC1(C)OB(c2cc(-c3ccc(C(F)(F)F)cc3)cc(-c3ccc(C(F)(F)F)cc3)c2)OC1(C)C. The van der Waals surface area contributed by atoms with Crippen LogP contribution >= 0.6 is 0 Å². The fourth-order valence-corrected chi connectivity index (χ4v) is 3.80. The van der Waals surface area contributed by atoms with Crippen LogP contribution in [-0.2, 0) is 21.7 Å². The van der Waals surface area contributed by atoms with Crippen LogP contribution in [0.1, 0.15) is 38.8 Å². The molecule has 0 unspecified atom stereocenters. The molecule has 35 heavy (non-hydrogen) atoms. The van der Waals surface area contributed by atoms with Crippen LogP contribution in [0.3, 0.4) is 0 Å². The van der Waals surface area contributed by atoms with Gasteiger partial charge in [-0.05, 0) is 85.7 Å². The Bertz CT molecular complexity index is 1120. The molecular formula is C26H23BF6O2. The molecule has 0 amide bonds. The van der Waals surface area contributed by atoms with Crippen LogP contribution in [0.2, 0.25) is 0 Å². The summed E-state index contributed by atoms with van der Waals surface area (Å²) >= 11 is 0. The highest BCUT2D eigenvalue weighted by molar-refractivity contribution is 6.62. The topological polar surface area (TPSA) is 18.5 Å². The summed E-state index contributed by atoms with van der Waals surface area (Å²) in [7, 11) is -0.761. The minimum atomic E-state index is -4.46. The fourth-order valence-electron chi connectivity index (χ4n) is 3.80. The smallest absolute Gasteiger partial charge is 0.399 e. The van der Waals surface area contributed by atoms with Crippen molar-refractivity contribution in [1.29, 1.82) is 0 Å². The maximum Gasteiger partial charge on any atom is 0.494 e. The lowest BCUT2D eigenvalue weighted by atomic mass is 9.76. The van der Waals surface area contributed by atoms with Gasteiger partial charge >= 0.3 is 19.5 Å². The third-order valence-electron chi connectivity index (χ3n) is 6.57. The van der Waals surface area contributed by atoms with Crippen molar-refractivity contribution in [3.05, 3.63) is 77.9 Å². The largest absolute Gasteiger partial charge is 0.494 e. The predicted molar refractivity (Wildman–Crippen MR) is 123 cm³/mol. The summed E-state index contributed by atoms with van der Waals surface area (Å²) in [5.41, 5.74) is 0.0110.